The number of furan rings is 1. The molecule has 0 unspecified atom stereocenters. The first-order valence-corrected chi connectivity index (χ1v) is 3.74. The maximum atomic E-state index is 13.2. The fraction of sp³-hybridized carbons (Fsp3) is 0.125. The van der Waals surface area contributed by atoms with E-state index < -0.39 is 5.82 Å². The van der Waals surface area contributed by atoms with Crippen LogP contribution in [0.1, 0.15) is 5.76 Å². The Labute approximate surface area is 73.6 Å². The molecule has 3 N–H and O–H groups in total. The van der Waals surface area contributed by atoms with E-state index in [9.17, 15) is 4.39 Å². The van der Waals surface area contributed by atoms with Gasteiger partial charge in [-0.05, 0) is 19.1 Å². The van der Waals surface area contributed by atoms with Crippen LogP contribution in [0.3, 0.4) is 0 Å². The molecule has 0 aromatic carbocycles. The number of nitrogen functional groups attached to an aromatic ring is 1. The monoisotopic (exact) mass is 181 g/mol. The Bertz CT molecular complexity index is 432. The molecule has 2 rings (SSSR count). The number of rotatable bonds is 1. The van der Waals surface area contributed by atoms with Crippen molar-refractivity contribution in [1.82, 2.24) is 10.2 Å². The number of halogens is 1. The molecule has 0 saturated carbocycles. The lowest BCUT2D eigenvalue weighted by molar-refractivity contribution is 0.539. The molecule has 2 aromatic rings. The summed E-state index contributed by atoms with van der Waals surface area (Å²) in [5.41, 5.74) is 5.41. The number of nitrogens with one attached hydrogen (secondary N) is 1. The van der Waals surface area contributed by atoms with Crippen LogP contribution in [-0.4, -0.2) is 10.2 Å². The van der Waals surface area contributed by atoms with Gasteiger partial charge in [0.05, 0.1) is 0 Å². The van der Waals surface area contributed by atoms with Gasteiger partial charge in [-0.2, -0.15) is 5.10 Å². The summed E-state index contributed by atoms with van der Waals surface area (Å²) in [7, 11) is 0. The molecule has 0 aliphatic carbocycles. The summed E-state index contributed by atoms with van der Waals surface area (Å²) in [5, 5.41) is 5.98. The molecule has 0 aliphatic rings. The fourth-order valence-corrected chi connectivity index (χ4v) is 1.07. The molecular weight excluding hydrogens is 173 g/mol. The number of H-pyrrole nitrogens is 1. The zero-order valence-electron chi connectivity index (χ0n) is 6.97. The molecular formula is C8H8FN3O. The molecule has 4 nitrogen and oxygen atoms in total. The van der Waals surface area contributed by atoms with E-state index in [2.05, 4.69) is 10.2 Å². The number of aromatic amines is 1. The highest BCUT2D eigenvalue weighted by Crippen LogP contribution is 2.24. The number of nitrogens with two attached hydrogens (primary N) is 1. The molecule has 0 radical (unpaired) electrons. The number of nitrogens with zero attached hydrogens (tertiary/aromatic N) is 1. The van der Waals surface area contributed by atoms with Gasteiger partial charge in [0.1, 0.15) is 11.5 Å². The number of aromatic nitrogens is 2. The smallest absolute Gasteiger partial charge is 0.195 e. The van der Waals surface area contributed by atoms with Gasteiger partial charge in [-0.3, -0.25) is 5.10 Å². The molecule has 2 aromatic heterocycles. The summed E-state index contributed by atoms with van der Waals surface area (Å²) in [5.74, 6) is 0.389. The van der Waals surface area contributed by atoms with Gasteiger partial charge in [0, 0.05) is 0 Å². The third-order valence-corrected chi connectivity index (χ3v) is 1.72. The lowest BCUT2D eigenvalue weighted by atomic mass is 10.3. The minimum atomic E-state index is -0.575. The quantitative estimate of drug-likeness (QED) is 0.703. The predicted molar refractivity (Wildman–Crippen MR) is 45.4 cm³/mol. The molecule has 13 heavy (non-hydrogen) atoms. The minimum absolute atomic E-state index is 0.149. The molecule has 5 heteroatoms. The second-order valence-electron chi connectivity index (χ2n) is 2.71. The van der Waals surface area contributed by atoms with E-state index in [4.69, 9.17) is 10.2 Å². The summed E-state index contributed by atoms with van der Waals surface area (Å²) in [6.07, 6.45) is 0. The molecule has 2 heterocycles. The largest absolute Gasteiger partial charge is 0.460 e. The van der Waals surface area contributed by atoms with Crippen molar-refractivity contribution in [2.24, 2.45) is 0 Å². The van der Waals surface area contributed by atoms with Gasteiger partial charge in [-0.15, -0.1) is 0 Å². The maximum Gasteiger partial charge on any atom is 0.195 e. The molecule has 0 spiro atoms. The first-order chi connectivity index (χ1) is 6.18. The van der Waals surface area contributed by atoms with Crippen molar-refractivity contribution in [3.63, 3.8) is 0 Å². The van der Waals surface area contributed by atoms with Gasteiger partial charge in [0.15, 0.2) is 17.4 Å². The molecule has 0 fully saturated rings. The highest BCUT2D eigenvalue weighted by Gasteiger charge is 2.14. The first kappa shape index (κ1) is 7.85. The Morgan fingerprint density at radius 2 is 2.31 bits per heavy atom. The highest BCUT2D eigenvalue weighted by molar-refractivity contribution is 5.57. The third-order valence-electron chi connectivity index (χ3n) is 1.72. The van der Waals surface area contributed by atoms with Crippen LogP contribution in [0.2, 0.25) is 0 Å². The van der Waals surface area contributed by atoms with E-state index in [1.165, 1.54) is 0 Å². The fourth-order valence-electron chi connectivity index (χ4n) is 1.07. The number of hydrogen-bond donors (Lipinski definition) is 2. The van der Waals surface area contributed by atoms with Crippen LogP contribution < -0.4 is 5.73 Å². The van der Waals surface area contributed by atoms with Crippen molar-refractivity contribution in [3.8, 4) is 11.5 Å². The van der Waals surface area contributed by atoms with Crippen molar-refractivity contribution in [1.29, 1.82) is 0 Å². The molecule has 0 atom stereocenters. The highest BCUT2D eigenvalue weighted by atomic mass is 19.1. The molecule has 0 saturated heterocycles. The van der Waals surface area contributed by atoms with Crippen LogP contribution in [0, 0.1) is 12.7 Å². The van der Waals surface area contributed by atoms with E-state index >= 15 is 0 Å². The van der Waals surface area contributed by atoms with Crippen molar-refractivity contribution in [2.75, 3.05) is 5.73 Å². The van der Waals surface area contributed by atoms with Crippen LogP contribution in [0.25, 0.3) is 11.5 Å². The van der Waals surface area contributed by atoms with Crippen molar-refractivity contribution < 1.29 is 8.81 Å². The van der Waals surface area contributed by atoms with Crippen molar-refractivity contribution in [2.45, 2.75) is 6.92 Å². The minimum Gasteiger partial charge on any atom is -0.460 e. The number of hydrogen-bond acceptors (Lipinski definition) is 3. The summed E-state index contributed by atoms with van der Waals surface area (Å²) in [6, 6.07) is 3.40. The molecule has 0 aliphatic heterocycles. The second kappa shape index (κ2) is 2.62. The van der Waals surface area contributed by atoms with Crippen LogP contribution in [0.15, 0.2) is 16.5 Å². The van der Waals surface area contributed by atoms with Gasteiger partial charge >= 0.3 is 0 Å². The summed E-state index contributed by atoms with van der Waals surface area (Å²) >= 11 is 0. The van der Waals surface area contributed by atoms with E-state index in [1.807, 2.05) is 0 Å². The Morgan fingerprint density at radius 3 is 2.77 bits per heavy atom. The first-order valence-electron chi connectivity index (χ1n) is 3.74. The van der Waals surface area contributed by atoms with Crippen molar-refractivity contribution in [3.05, 3.63) is 23.7 Å². The van der Waals surface area contributed by atoms with Gasteiger partial charge in [0.25, 0.3) is 0 Å². The Hall–Kier alpha value is -1.78. The SMILES string of the molecule is Cc1ccc(-c2[nH]nc(N)c2F)o1. The number of anilines is 1. The summed E-state index contributed by atoms with van der Waals surface area (Å²) in [4.78, 5) is 0. The Balaban J connectivity index is 2.52. The average Bonchev–Trinajstić information content (AvgIpc) is 2.62. The lowest BCUT2D eigenvalue weighted by Crippen LogP contribution is -1.86. The zero-order chi connectivity index (χ0) is 9.42. The van der Waals surface area contributed by atoms with Gasteiger partial charge < -0.3 is 10.2 Å². The van der Waals surface area contributed by atoms with Crippen LogP contribution in [0.4, 0.5) is 10.2 Å². The molecule has 68 valence electrons. The van der Waals surface area contributed by atoms with Gasteiger partial charge in [0.2, 0.25) is 0 Å². The van der Waals surface area contributed by atoms with Gasteiger partial charge in [-0.1, -0.05) is 0 Å². The molecule has 0 bridgehead atoms. The standard InChI is InChI=1S/C8H8FN3O/c1-4-2-3-5(13-4)7-6(9)8(10)12-11-7/h2-3H,1H3,(H3,10,11,12). The molecule has 0 amide bonds. The van der Waals surface area contributed by atoms with E-state index in [0.29, 0.717) is 11.5 Å². The summed E-state index contributed by atoms with van der Waals surface area (Å²) < 4.78 is 18.4. The lowest BCUT2D eigenvalue weighted by Gasteiger charge is -1.90. The zero-order valence-corrected chi connectivity index (χ0v) is 6.97. The van der Waals surface area contributed by atoms with Crippen LogP contribution in [0.5, 0.6) is 0 Å². The van der Waals surface area contributed by atoms with Crippen LogP contribution >= 0.6 is 0 Å². The van der Waals surface area contributed by atoms with E-state index in [0.717, 1.165) is 0 Å². The summed E-state index contributed by atoms with van der Waals surface area (Å²) in [6.45, 7) is 1.78. The predicted octanol–water partition coefficient (Wildman–Crippen LogP) is 1.70. The average molecular weight is 181 g/mol. The topological polar surface area (TPSA) is 67.8 Å². The number of aryl methyl sites for hydroxylation is 1. The van der Waals surface area contributed by atoms with Gasteiger partial charge in [-0.25, -0.2) is 4.39 Å². The maximum absolute atomic E-state index is 13.2. The Morgan fingerprint density at radius 1 is 1.54 bits per heavy atom. The second-order valence-corrected chi connectivity index (χ2v) is 2.71. The van der Waals surface area contributed by atoms with E-state index in [1.54, 1.807) is 19.1 Å². The normalized spacial score (nSPS) is 10.6. The van der Waals surface area contributed by atoms with E-state index in [-0.39, 0.29) is 11.5 Å². The Kier molecular flexibility index (Phi) is 1.58. The van der Waals surface area contributed by atoms with Crippen LogP contribution in [-0.2, 0) is 0 Å². The van der Waals surface area contributed by atoms with Crippen molar-refractivity contribution >= 4 is 5.82 Å². The third kappa shape index (κ3) is 1.18.